The molecule has 4 nitrogen and oxygen atoms in total. The van der Waals surface area contributed by atoms with Crippen LogP contribution in [-0.2, 0) is 0 Å². The van der Waals surface area contributed by atoms with Gasteiger partial charge in [-0.05, 0) is 37.1 Å². The van der Waals surface area contributed by atoms with E-state index in [0.29, 0.717) is 0 Å². The quantitative estimate of drug-likeness (QED) is 0.832. The van der Waals surface area contributed by atoms with Gasteiger partial charge in [0.05, 0.1) is 26.1 Å². The predicted molar refractivity (Wildman–Crippen MR) is 70.0 cm³/mol. The first-order valence-electron chi connectivity index (χ1n) is 5.68. The molecule has 0 N–H and O–H groups in total. The lowest BCUT2D eigenvalue weighted by molar-refractivity contribution is 0.412. The van der Waals surface area contributed by atoms with Gasteiger partial charge in [0.25, 0.3) is 0 Å². The molecule has 94 valence electrons. The highest BCUT2D eigenvalue weighted by atomic mass is 16.5. The van der Waals surface area contributed by atoms with E-state index in [1.54, 1.807) is 20.4 Å². The van der Waals surface area contributed by atoms with Crippen molar-refractivity contribution in [1.29, 1.82) is 0 Å². The minimum Gasteiger partial charge on any atom is -0.497 e. The topological polar surface area (TPSA) is 44.2 Å². The Labute approximate surface area is 107 Å². The molecule has 0 radical (unpaired) electrons. The molecule has 0 aliphatic rings. The van der Waals surface area contributed by atoms with Gasteiger partial charge in [-0.25, -0.2) is 0 Å². The number of hydrogen-bond acceptors (Lipinski definition) is 4. The summed E-state index contributed by atoms with van der Waals surface area (Å²) >= 11 is 0. The average Bonchev–Trinajstić information content (AvgIpc) is 2.39. The van der Waals surface area contributed by atoms with E-state index in [4.69, 9.17) is 9.47 Å². The maximum Gasteiger partial charge on any atom is 0.148 e. The molecule has 1 aromatic heterocycles. The van der Waals surface area contributed by atoms with E-state index in [2.05, 4.69) is 10.2 Å². The Morgan fingerprint density at radius 1 is 1.06 bits per heavy atom. The van der Waals surface area contributed by atoms with Gasteiger partial charge in [0.1, 0.15) is 11.5 Å². The molecule has 0 saturated heterocycles. The van der Waals surface area contributed by atoms with E-state index in [0.717, 1.165) is 33.9 Å². The summed E-state index contributed by atoms with van der Waals surface area (Å²) in [4.78, 5) is 0. The largest absolute Gasteiger partial charge is 0.497 e. The number of rotatable bonds is 3. The zero-order valence-corrected chi connectivity index (χ0v) is 11.0. The van der Waals surface area contributed by atoms with Gasteiger partial charge in [-0.15, -0.1) is 0 Å². The molecule has 1 aromatic carbocycles. The Kier molecular flexibility index (Phi) is 3.46. The summed E-state index contributed by atoms with van der Waals surface area (Å²) in [7, 11) is 3.30. The van der Waals surface area contributed by atoms with E-state index in [-0.39, 0.29) is 0 Å². The normalized spacial score (nSPS) is 10.2. The molecule has 0 aliphatic heterocycles. The van der Waals surface area contributed by atoms with Gasteiger partial charge >= 0.3 is 0 Å². The third kappa shape index (κ3) is 2.14. The second-order valence-corrected chi connectivity index (χ2v) is 4.05. The first kappa shape index (κ1) is 12.4. The highest BCUT2D eigenvalue weighted by Crippen LogP contribution is 2.34. The maximum absolute atomic E-state index is 5.36. The first-order chi connectivity index (χ1) is 8.67. The van der Waals surface area contributed by atoms with Crippen molar-refractivity contribution in [3.8, 4) is 22.6 Å². The lowest BCUT2D eigenvalue weighted by atomic mass is 9.99. The number of nitrogens with zero attached hydrogens (tertiary/aromatic N) is 2. The number of aromatic nitrogens is 2. The van der Waals surface area contributed by atoms with Crippen LogP contribution in [0.2, 0.25) is 0 Å². The summed E-state index contributed by atoms with van der Waals surface area (Å²) in [5, 5.41) is 7.99. The molecular formula is C14H16N2O2. The summed E-state index contributed by atoms with van der Waals surface area (Å²) in [6, 6.07) is 5.94. The number of benzene rings is 1. The van der Waals surface area contributed by atoms with Crippen LogP contribution in [0.15, 0.2) is 24.4 Å². The summed E-state index contributed by atoms with van der Waals surface area (Å²) in [5.74, 6) is 1.57. The molecule has 4 heteroatoms. The van der Waals surface area contributed by atoms with Crippen molar-refractivity contribution in [2.45, 2.75) is 13.8 Å². The highest BCUT2D eigenvalue weighted by Gasteiger charge is 2.13. The highest BCUT2D eigenvalue weighted by molar-refractivity contribution is 5.75. The summed E-state index contributed by atoms with van der Waals surface area (Å²) < 4.78 is 10.6. The monoisotopic (exact) mass is 244 g/mol. The van der Waals surface area contributed by atoms with Crippen molar-refractivity contribution in [1.82, 2.24) is 10.2 Å². The molecule has 0 atom stereocenters. The van der Waals surface area contributed by atoms with Crippen molar-refractivity contribution in [2.24, 2.45) is 0 Å². The molecule has 0 unspecified atom stereocenters. The Balaban J connectivity index is 2.62. The molecule has 2 aromatic rings. The molecule has 0 saturated carbocycles. The summed E-state index contributed by atoms with van der Waals surface area (Å²) in [6.45, 7) is 3.96. The van der Waals surface area contributed by atoms with Crippen LogP contribution in [0.5, 0.6) is 11.5 Å². The fourth-order valence-electron chi connectivity index (χ4n) is 1.99. The average molecular weight is 244 g/mol. The molecule has 0 aliphatic carbocycles. The van der Waals surface area contributed by atoms with Crippen LogP contribution in [0.25, 0.3) is 11.1 Å². The minimum atomic E-state index is 0.732. The van der Waals surface area contributed by atoms with Crippen molar-refractivity contribution in [2.75, 3.05) is 14.2 Å². The smallest absolute Gasteiger partial charge is 0.148 e. The van der Waals surface area contributed by atoms with Gasteiger partial charge in [-0.1, -0.05) is 6.07 Å². The molecule has 1 heterocycles. The predicted octanol–water partition coefficient (Wildman–Crippen LogP) is 2.78. The number of hydrogen-bond donors (Lipinski definition) is 0. The van der Waals surface area contributed by atoms with E-state index in [1.807, 2.05) is 32.0 Å². The van der Waals surface area contributed by atoms with Crippen LogP contribution in [0, 0.1) is 13.8 Å². The Hall–Kier alpha value is -2.10. The van der Waals surface area contributed by atoms with Gasteiger partial charge in [-0.3, -0.25) is 0 Å². The Bertz CT molecular complexity index is 568. The molecule has 0 bridgehead atoms. The van der Waals surface area contributed by atoms with Crippen LogP contribution in [0.1, 0.15) is 11.3 Å². The van der Waals surface area contributed by atoms with Crippen molar-refractivity contribution in [3.05, 3.63) is 35.7 Å². The van der Waals surface area contributed by atoms with E-state index >= 15 is 0 Å². The third-order valence-corrected chi connectivity index (χ3v) is 2.91. The standard InChI is InChI=1S/C14H16N2O2/c1-9-7-11(17-3)5-6-12(9)14-10(2)16-15-8-13(14)18-4/h5-8H,1-4H3. The SMILES string of the molecule is COc1ccc(-c2c(OC)cnnc2C)c(C)c1. The molecular weight excluding hydrogens is 228 g/mol. The number of aryl methyl sites for hydroxylation is 2. The Morgan fingerprint density at radius 3 is 2.44 bits per heavy atom. The molecule has 0 spiro atoms. The number of methoxy groups -OCH3 is 2. The van der Waals surface area contributed by atoms with Crippen LogP contribution in [-0.4, -0.2) is 24.4 Å². The van der Waals surface area contributed by atoms with Gasteiger partial charge < -0.3 is 9.47 Å². The molecule has 0 amide bonds. The first-order valence-corrected chi connectivity index (χ1v) is 5.68. The third-order valence-electron chi connectivity index (χ3n) is 2.91. The fraction of sp³-hybridized carbons (Fsp3) is 0.286. The van der Waals surface area contributed by atoms with Crippen molar-refractivity contribution >= 4 is 0 Å². The second-order valence-electron chi connectivity index (χ2n) is 4.05. The second kappa shape index (κ2) is 5.04. The van der Waals surface area contributed by atoms with Crippen LogP contribution in [0.4, 0.5) is 0 Å². The van der Waals surface area contributed by atoms with Crippen LogP contribution >= 0.6 is 0 Å². The van der Waals surface area contributed by atoms with Gasteiger partial charge in [0.2, 0.25) is 0 Å². The summed E-state index contributed by atoms with van der Waals surface area (Å²) in [6.07, 6.45) is 1.63. The van der Waals surface area contributed by atoms with Gasteiger partial charge in [0, 0.05) is 5.56 Å². The summed E-state index contributed by atoms with van der Waals surface area (Å²) in [5.41, 5.74) is 4.03. The van der Waals surface area contributed by atoms with E-state index in [9.17, 15) is 0 Å². The lowest BCUT2D eigenvalue weighted by Crippen LogP contribution is -1.97. The molecule has 18 heavy (non-hydrogen) atoms. The minimum absolute atomic E-state index is 0.732. The van der Waals surface area contributed by atoms with Crippen molar-refractivity contribution < 1.29 is 9.47 Å². The lowest BCUT2D eigenvalue weighted by Gasteiger charge is -2.13. The van der Waals surface area contributed by atoms with Crippen LogP contribution in [0.3, 0.4) is 0 Å². The number of ether oxygens (including phenoxy) is 2. The molecule has 0 fully saturated rings. The van der Waals surface area contributed by atoms with Gasteiger partial charge in [0.15, 0.2) is 0 Å². The zero-order chi connectivity index (χ0) is 13.1. The fourth-order valence-corrected chi connectivity index (χ4v) is 1.99. The molecule has 2 rings (SSSR count). The zero-order valence-electron chi connectivity index (χ0n) is 11.0. The maximum atomic E-state index is 5.36. The van der Waals surface area contributed by atoms with E-state index in [1.165, 1.54) is 0 Å². The van der Waals surface area contributed by atoms with Gasteiger partial charge in [-0.2, -0.15) is 10.2 Å². The van der Waals surface area contributed by atoms with Crippen molar-refractivity contribution in [3.63, 3.8) is 0 Å². The van der Waals surface area contributed by atoms with Crippen LogP contribution < -0.4 is 9.47 Å². The van der Waals surface area contributed by atoms with E-state index < -0.39 is 0 Å². The Morgan fingerprint density at radius 2 is 1.83 bits per heavy atom.